The Morgan fingerprint density at radius 3 is 2.61 bits per heavy atom. The van der Waals surface area contributed by atoms with Gasteiger partial charge in [-0.15, -0.1) is 11.8 Å². The number of quaternary nitrogens is 1. The summed E-state index contributed by atoms with van der Waals surface area (Å²) in [5.74, 6) is 0.00118. The van der Waals surface area contributed by atoms with Crippen molar-refractivity contribution in [3.05, 3.63) is 24.3 Å². The minimum absolute atomic E-state index is 0.0759. The number of carbonyl (C=O) groups is 2. The molecule has 0 aliphatic rings. The zero-order valence-electron chi connectivity index (χ0n) is 14.5. The maximum absolute atomic E-state index is 12.1. The molecule has 1 aromatic rings. The molecule has 128 valence electrons. The molecule has 0 spiro atoms. The SMILES string of the molecule is CCCCN(C)C(=O)C[NH+](C)CC(=O)Nc1ccccc1SC. The van der Waals surface area contributed by atoms with Crippen LogP contribution in [0.15, 0.2) is 29.2 Å². The van der Waals surface area contributed by atoms with Crippen LogP contribution in [0.4, 0.5) is 5.69 Å². The van der Waals surface area contributed by atoms with Crippen molar-refractivity contribution in [2.24, 2.45) is 0 Å². The molecule has 0 aliphatic heterocycles. The predicted octanol–water partition coefficient (Wildman–Crippen LogP) is 1.12. The third-order valence-corrected chi connectivity index (χ3v) is 4.37. The van der Waals surface area contributed by atoms with Crippen LogP contribution in [-0.2, 0) is 9.59 Å². The second-order valence-electron chi connectivity index (χ2n) is 5.73. The molecular formula is C17H28N3O2S+. The number of unbranched alkanes of at least 4 members (excludes halogenated alkanes) is 1. The van der Waals surface area contributed by atoms with Gasteiger partial charge in [-0.05, 0) is 24.8 Å². The molecule has 23 heavy (non-hydrogen) atoms. The average Bonchev–Trinajstić information content (AvgIpc) is 2.52. The van der Waals surface area contributed by atoms with Crippen LogP contribution < -0.4 is 10.2 Å². The van der Waals surface area contributed by atoms with E-state index in [4.69, 9.17) is 0 Å². The van der Waals surface area contributed by atoms with E-state index >= 15 is 0 Å². The van der Waals surface area contributed by atoms with Crippen molar-refractivity contribution in [2.75, 3.05) is 45.3 Å². The van der Waals surface area contributed by atoms with Crippen LogP contribution >= 0.6 is 11.8 Å². The first kappa shape index (κ1) is 19.5. The Bertz CT molecular complexity index is 522. The van der Waals surface area contributed by atoms with Gasteiger partial charge < -0.3 is 15.1 Å². The minimum Gasteiger partial charge on any atom is -0.341 e. The lowest BCUT2D eigenvalue weighted by Gasteiger charge is -2.19. The van der Waals surface area contributed by atoms with Gasteiger partial charge in [0, 0.05) is 18.5 Å². The molecule has 0 saturated heterocycles. The number of amides is 2. The first-order valence-electron chi connectivity index (χ1n) is 7.96. The predicted molar refractivity (Wildman–Crippen MR) is 96.0 cm³/mol. The molecular weight excluding hydrogens is 310 g/mol. The zero-order valence-corrected chi connectivity index (χ0v) is 15.3. The van der Waals surface area contributed by atoms with Crippen molar-refractivity contribution >= 4 is 29.3 Å². The van der Waals surface area contributed by atoms with Crippen LogP contribution in [0.2, 0.25) is 0 Å². The Hall–Kier alpha value is -1.53. The van der Waals surface area contributed by atoms with Crippen molar-refractivity contribution in [3.8, 4) is 0 Å². The topological polar surface area (TPSA) is 53.9 Å². The van der Waals surface area contributed by atoms with Gasteiger partial charge in [0.15, 0.2) is 13.1 Å². The summed E-state index contributed by atoms with van der Waals surface area (Å²) in [7, 11) is 3.69. The fourth-order valence-electron chi connectivity index (χ4n) is 2.19. The average molecular weight is 338 g/mol. The molecule has 1 atom stereocenters. The van der Waals surface area contributed by atoms with Crippen LogP contribution in [0.3, 0.4) is 0 Å². The highest BCUT2D eigenvalue weighted by atomic mass is 32.2. The zero-order chi connectivity index (χ0) is 17.2. The van der Waals surface area contributed by atoms with Crippen molar-refractivity contribution in [3.63, 3.8) is 0 Å². The van der Waals surface area contributed by atoms with E-state index in [1.807, 2.05) is 44.6 Å². The quantitative estimate of drug-likeness (QED) is 0.664. The highest BCUT2D eigenvalue weighted by molar-refractivity contribution is 7.98. The number of rotatable bonds is 9. The fraction of sp³-hybridized carbons (Fsp3) is 0.529. The lowest BCUT2D eigenvalue weighted by atomic mass is 10.3. The number of hydrogen-bond acceptors (Lipinski definition) is 3. The van der Waals surface area contributed by atoms with Gasteiger partial charge in [0.2, 0.25) is 0 Å². The Kier molecular flexibility index (Phi) is 8.73. The number of thioether (sulfide) groups is 1. The molecule has 0 heterocycles. The monoisotopic (exact) mass is 338 g/mol. The molecule has 5 nitrogen and oxygen atoms in total. The molecule has 2 N–H and O–H groups in total. The van der Waals surface area contributed by atoms with Crippen LogP contribution in [0.1, 0.15) is 19.8 Å². The summed E-state index contributed by atoms with van der Waals surface area (Å²) in [5.41, 5.74) is 0.823. The molecule has 0 bridgehead atoms. The van der Waals surface area contributed by atoms with Gasteiger partial charge in [-0.3, -0.25) is 9.59 Å². The number of nitrogens with one attached hydrogen (secondary N) is 2. The van der Waals surface area contributed by atoms with Crippen LogP contribution in [-0.4, -0.2) is 56.7 Å². The lowest BCUT2D eigenvalue weighted by molar-refractivity contribution is -0.862. The van der Waals surface area contributed by atoms with Crippen molar-refractivity contribution in [1.82, 2.24) is 4.90 Å². The van der Waals surface area contributed by atoms with Gasteiger partial charge in [-0.2, -0.15) is 0 Å². The molecule has 1 unspecified atom stereocenters. The molecule has 0 aliphatic carbocycles. The Labute approximate surface area is 143 Å². The number of nitrogens with zero attached hydrogens (tertiary/aromatic N) is 1. The third kappa shape index (κ3) is 7.05. The number of anilines is 1. The first-order valence-corrected chi connectivity index (χ1v) is 9.18. The molecule has 6 heteroatoms. The van der Waals surface area contributed by atoms with E-state index in [0.29, 0.717) is 6.54 Å². The Balaban J connectivity index is 2.46. The maximum atomic E-state index is 12.1. The van der Waals surface area contributed by atoms with Gasteiger partial charge >= 0.3 is 0 Å². The van der Waals surface area contributed by atoms with E-state index in [1.54, 1.807) is 16.7 Å². The molecule has 1 rings (SSSR count). The van der Waals surface area contributed by atoms with E-state index in [9.17, 15) is 9.59 Å². The number of carbonyl (C=O) groups excluding carboxylic acids is 2. The standard InChI is InChI=1S/C17H27N3O2S/c1-5-6-11-20(3)17(22)13-19(2)12-16(21)18-14-9-7-8-10-15(14)23-4/h7-10H,5-6,11-13H2,1-4H3,(H,18,21)/p+1. The number of likely N-dealkylation sites (N-methyl/N-ethyl adjacent to an activating group) is 2. The van der Waals surface area contributed by atoms with Crippen molar-refractivity contribution in [2.45, 2.75) is 24.7 Å². The molecule has 0 aromatic heterocycles. The fourth-order valence-corrected chi connectivity index (χ4v) is 2.75. The van der Waals surface area contributed by atoms with Gasteiger partial charge in [-0.1, -0.05) is 25.5 Å². The third-order valence-electron chi connectivity index (χ3n) is 3.57. The van der Waals surface area contributed by atoms with Gasteiger partial charge in [0.05, 0.1) is 12.7 Å². The molecule has 2 amide bonds. The number of benzene rings is 1. The van der Waals surface area contributed by atoms with Crippen molar-refractivity contribution < 1.29 is 14.5 Å². The van der Waals surface area contributed by atoms with Gasteiger partial charge in [-0.25, -0.2) is 0 Å². The van der Waals surface area contributed by atoms with Crippen LogP contribution in [0.25, 0.3) is 0 Å². The molecule has 1 aromatic carbocycles. The van der Waals surface area contributed by atoms with E-state index in [-0.39, 0.29) is 18.4 Å². The molecule has 0 radical (unpaired) electrons. The van der Waals surface area contributed by atoms with Crippen LogP contribution in [0.5, 0.6) is 0 Å². The van der Waals surface area contributed by atoms with E-state index in [2.05, 4.69) is 12.2 Å². The summed E-state index contributed by atoms with van der Waals surface area (Å²) in [6, 6.07) is 7.72. The smallest absolute Gasteiger partial charge is 0.279 e. The van der Waals surface area contributed by atoms with E-state index < -0.39 is 0 Å². The number of para-hydroxylation sites is 1. The normalized spacial score (nSPS) is 11.8. The van der Waals surface area contributed by atoms with Gasteiger partial charge in [0.1, 0.15) is 0 Å². The highest BCUT2D eigenvalue weighted by Crippen LogP contribution is 2.24. The summed E-state index contributed by atoms with van der Waals surface area (Å²) < 4.78 is 0. The van der Waals surface area contributed by atoms with Gasteiger partial charge in [0.25, 0.3) is 11.8 Å². The summed E-state index contributed by atoms with van der Waals surface area (Å²) >= 11 is 1.60. The number of hydrogen-bond donors (Lipinski definition) is 2. The Morgan fingerprint density at radius 1 is 1.26 bits per heavy atom. The molecule has 0 saturated carbocycles. The lowest BCUT2D eigenvalue weighted by Crippen LogP contribution is -3.11. The second-order valence-corrected chi connectivity index (χ2v) is 6.58. The van der Waals surface area contributed by atoms with Crippen LogP contribution in [0, 0.1) is 0 Å². The summed E-state index contributed by atoms with van der Waals surface area (Å²) in [4.78, 5) is 27.9. The summed E-state index contributed by atoms with van der Waals surface area (Å²) in [6.45, 7) is 3.48. The largest absolute Gasteiger partial charge is 0.341 e. The van der Waals surface area contributed by atoms with E-state index in [0.717, 1.165) is 34.9 Å². The minimum atomic E-state index is -0.0759. The highest BCUT2D eigenvalue weighted by Gasteiger charge is 2.17. The second kappa shape index (κ2) is 10.3. The summed E-state index contributed by atoms with van der Waals surface area (Å²) in [6.07, 6.45) is 4.05. The summed E-state index contributed by atoms with van der Waals surface area (Å²) in [5, 5.41) is 2.92. The Morgan fingerprint density at radius 2 is 1.96 bits per heavy atom. The maximum Gasteiger partial charge on any atom is 0.279 e. The van der Waals surface area contributed by atoms with Crippen molar-refractivity contribution in [1.29, 1.82) is 0 Å². The van der Waals surface area contributed by atoms with E-state index in [1.165, 1.54) is 0 Å². The molecule has 0 fully saturated rings. The first-order chi connectivity index (χ1) is 11.0.